The molecule has 21 heavy (non-hydrogen) atoms. The molecule has 1 aromatic rings. The van der Waals surface area contributed by atoms with E-state index in [2.05, 4.69) is 16.8 Å². The number of carbonyl (C=O) groups excluding carboxylic acids is 1. The number of amides is 1. The summed E-state index contributed by atoms with van der Waals surface area (Å²) in [6, 6.07) is 2.14. The molecule has 0 aromatic carbocycles. The number of aliphatic hydroxyl groups excluding tert-OH is 1. The lowest BCUT2D eigenvalue weighted by Gasteiger charge is -2.16. The molecule has 1 N–H and O–H groups in total. The maximum atomic E-state index is 12.8. The van der Waals surface area contributed by atoms with E-state index in [0.717, 1.165) is 13.1 Å². The van der Waals surface area contributed by atoms with E-state index in [4.69, 9.17) is 0 Å². The molecular weight excluding hydrogens is 282 g/mol. The van der Waals surface area contributed by atoms with Crippen molar-refractivity contribution in [2.75, 3.05) is 19.7 Å². The van der Waals surface area contributed by atoms with Crippen LogP contribution in [0.4, 0.5) is 0 Å². The molecule has 3 aliphatic rings. The third-order valence-electron chi connectivity index (χ3n) is 5.90. The summed E-state index contributed by atoms with van der Waals surface area (Å²) in [5.74, 6) is 2.59. The van der Waals surface area contributed by atoms with Crippen molar-refractivity contribution in [1.82, 2.24) is 4.90 Å². The highest BCUT2D eigenvalue weighted by Crippen LogP contribution is 2.56. The summed E-state index contributed by atoms with van der Waals surface area (Å²) < 4.78 is 0. The van der Waals surface area contributed by atoms with E-state index >= 15 is 0 Å². The number of nitrogens with zero attached hydrogens (tertiary/aromatic N) is 1. The van der Waals surface area contributed by atoms with Gasteiger partial charge in [-0.2, -0.15) is 11.3 Å². The van der Waals surface area contributed by atoms with Gasteiger partial charge in [0.15, 0.2) is 0 Å². The van der Waals surface area contributed by atoms with Crippen LogP contribution in [0.25, 0.3) is 0 Å². The molecule has 1 amide bonds. The summed E-state index contributed by atoms with van der Waals surface area (Å²) in [5, 5.41) is 13.9. The van der Waals surface area contributed by atoms with Crippen LogP contribution in [0.3, 0.4) is 0 Å². The van der Waals surface area contributed by atoms with Gasteiger partial charge in [0, 0.05) is 37.5 Å². The van der Waals surface area contributed by atoms with Crippen molar-refractivity contribution in [3.8, 4) is 0 Å². The Bertz CT molecular complexity index is 503. The zero-order chi connectivity index (χ0) is 14.4. The first-order chi connectivity index (χ1) is 10.3. The number of hydrogen-bond donors (Lipinski definition) is 1. The van der Waals surface area contributed by atoms with Crippen LogP contribution in [0.1, 0.15) is 37.2 Å². The normalized spacial score (nSPS) is 38.3. The number of hydrogen-bond acceptors (Lipinski definition) is 3. The predicted molar refractivity (Wildman–Crippen MR) is 83.2 cm³/mol. The van der Waals surface area contributed by atoms with Crippen LogP contribution in [0.5, 0.6) is 0 Å². The summed E-state index contributed by atoms with van der Waals surface area (Å²) in [6.45, 7) is 1.73. The Balaban J connectivity index is 1.46. The Morgan fingerprint density at radius 1 is 1.29 bits per heavy atom. The van der Waals surface area contributed by atoms with E-state index < -0.39 is 0 Å². The molecule has 0 spiro atoms. The van der Waals surface area contributed by atoms with Gasteiger partial charge >= 0.3 is 0 Å². The van der Waals surface area contributed by atoms with Gasteiger partial charge in [-0.3, -0.25) is 4.79 Å². The summed E-state index contributed by atoms with van der Waals surface area (Å²) in [7, 11) is 0. The highest BCUT2D eigenvalue weighted by atomic mass is 32.1. The van der Waals surface area contributed by atoms with Crippen molar-refractivity contribution >= 4 is 17.2 Å². The smallest absolute Gasteiger partial charge is 0.226 e. The molecule has 2 saturated carbocycles. The van der Waals surface area contributed by atoms with E-state index in [1.807, 2.05) is 4.90 Å². The van der Waals surface area contributed by atoms with E-state index in [9.17, 15) is 9.90 Å². The van der Waals surface area contributed by atoms with Crippen molar-refractivity contribution in [3.63, 3.8) is 0 Å². The van der Waals surface area contributed by atoms with Gasteiger partial charge in [-0.05, 0) is 47.1 Å². The lowest BCUT2D eigenvalue weighted by molar-refractivity contribution is -0.132. The van der Waals surface area contributed by atoms with Gasteiger partial charge in [0.2, 0.25) is 5.91 Å². The van der Waals surface area contributed by atoms with Crippen molar-refractivity contribution < 1.29 is 9.90 Å². The highest BCUT2D eigenvalue weighted by Gasteiger charge is 2.56. The number of aliphatic hydroxyl groups is 1. The lowest BCUT2D eigenvalue weighted by atomic mass is 9.92. The second kappa shape index (κ2) is 5.40. The number of rotatable bonds is 3. The summed E-state index contributed by atoms with van der Waals surface area (Å²) >= 11 is 1.70. The van der Waals surface area contributed by atoms with Gasteiger partial charge in [-0.15, -0.1) is 0 Å². The van der Waals surface area contributed by atoms with E-state index in [1.165, 1.54) is 31.2 Å². The minimum absolute atomic E-state index is 0.182. The van der Waals surface area contributed by atoms with Gasteiger partial charge in [0.25, 0.3) is 0 Å². The SMILES string of the molecule is O=C(C1[C@H]2CCCC[C@H]12)N1C[C@@H](CO)[C@H](c2ccsc2)C1. The maximum absolute atomic E-state index is 12.8. The molecule has 2 heterocycles. The average Bonchev–Trinajstić information content (AvgIpc) is 2.89. The van der Waals surface area contributed by atoms with Crippen LogP contribution in [0, 0.1) is 23.7 Å². The van der Waals surface area contributed by atoms with E-state index in [0.29, 0.717) is 29.6 Å². The predicted octanol–water partition coefficient (Wildman–Crippen LogP) is 2.72. The first-order valence-electron chi connectivity index (χ1n) is 8.21. The summed E-state index contributed by atoms with van der Waals surface area (Å²) in [5.41, 5.74) is 1.29. The maximum Gasteiger partial charge on any atom is 0.226 e. The average molecular weight is 305 g/mol. The molecule has 0 radical (unpaired) electrons. The minimum Gasteiger partial charge on any atom is -0.396 e. The number of carbonyl (C=O) groups is 1. The second-order valence-corrected chi connectivity index (χ2v) is 7.77. The molecule has 1 aliphatic heterocycles. The molecule has 4 atom stereocenters. The summed E-state index contributed by atoms with van der Waals surface area (Å²) in [4.78, 5) is 14.8. The molecule has 2 aliphatic carbocycles. The zero-order valence-electron chi connectivity index (χ0n) is 12.3. The fraction of sp³-hybridized carbons (Fsp3) is 0.706. The quantitative estimate of drug-likeness (QED) is 0.933. The van der Waals surface area contributed by atoms with Crippen molar-refractivity contribution in [2.24, 2.45) is 23.7 Å². The van der Waals surface area contributed by atoms with Gasteiger partial charge in [-0.25, -0.2) is 0 Å². The molecule has 1 aromatic heterocycles. The van der Waals surface area contributed by atoms with Crippen molar-refractivity contribution in [1.29, 1.82) is 0 Å². The highest BCUT2D eigenvalue weighted by molar-refractivity contribution is 7.08. The fourth-order valence-electron chi connectivity index (χ4n) is 4.67. The van der Waals surface area contributed by atoms with Gasteiger partial charge in [0.05, 0.1) is 0 Å². The number of thiophene rings is 1. The molecule has 0 unspecified atom stereocenters. The molecule has 3 nitrogen and oxygen atoms in total. The zero-order valence-corrected chi connectivity index (χ0v) is 13.1. The van der Waals surface area contributed by atoms with Crippen LogP contribution < -0.4 is 0 Å². The van der Waals surface area contributed by atoms with Gasteiger partial charge in [0.1, 0.15) is 0 Å². The van der Waals surface area contributed by atoms with Crippen LogP contribution in [0.2, 0.25) is 0 Å². The van der Waals surface area contributed by atoms with E-state index in [-0.39, 0.29) is 12.5 Å². The Morgan fingerprint density at radius 3 is 2.67 bits per heavy atom. The molecule has 3 fully saturated rings. The van der Waals surface area contributed by atoms with Crippen molar-refractivity contribution in [2.45, 2.75) is 31.6 Å². The Labute approximate surface area is 130 Å². The molecule has 0 bridgehead atoms. The van der Waals surface area contributed by atoms with Gasteiger partial charge < -0.3 is 10.0 Å². The topological polar surface area (TPSA) is 40.5 Å². The van der Waals surface area contributed by atoms with Gasteiger partial charge in [-0.1, -0.05) is 12.8 Å². The largest absolute Gasteiger partial charge is 0.396 e. The first-order valence-corrected chi connectivity index (χ1v) is 9.15. The monoisotopic (exact) mass is 305 g/mol. The summed E-state index contributed by atoms with van der Waals surface area (Å²) in [6.07, 6.45) is 5.13. The van der Waals surface area contributed by atoms with E-state index in [1.54, 1.807) is 11.3 Å². The standard InChI is InChI=1S/C17H23NO2S/c19-9-12-7-18(8-15(12)11-5-6-21-10-11)17(20)16-13-3-1-2-4-14(13)16/h5-6,10,12-16,19H,1-4,7-9H2/t12-,13-,14-,15-/m0/s1. The van der Waals surface area contributed by atoms with Crippen LogP contribution in [-0.2, 0) is 4.79 Å². The third-order valence-corrected chi connectivity index (χ3v) is 6.60. The van der Waals surface area contributed by atoms with Crippen molar-refractivity contribution in [3.05, 3.63) is 22.4 Å². The second-order valence-electron chi connectivity index (χ2n) is 6.99. The fourth-order valence-corrected chi connectivity index (χ4v) is 5.39. The molecular formula is C17H23NO2S. The number of fused-ring (bicyclic) bond motifs is 1. The van der Waals surface area contributed by atoms with Crippen LogP contribution in [-0.4, -0.2) is 35.6 Å². The Morgan fingerprint density at radius 2 is 2.05 bits per heavy atom. The molecule has 114 valence electrons. The molecule has 4 heteroatoms. The Hall–Kier alpha value is -0.870. The molecule has 4 rings (SSSR count). The number of likely N-dealkylation sites (tertiary alicyclic amines) is 1. The minimum atomic E-state index is 0.182. The lowest BCUT2D eigenvalue weighted by Crippen LogP contribution is -2.31. The first kappa shape index (κ1) is 13.8. The van der Waals surface area contributed by atoms with Crippen LogP contribution >= 0.6 is 11.3 Å². The Kier molecular flexibility index (Phi) is 3.54. The van der Waals surface area contributed by atoms with Crippen LogP contribution in [0.15, 0.2) is 16.8 Å². The molecule has 1 saturated heterocycles. The third kappa shape index (κ3) is 2.33.